The van der Waals surface area contributed by atoms with Crippen LogP contribution >= 0.6 is 0 Å². The Labute approximate surface area is 148 Å². The molecule has 0 saturated carbocycles. The second-order valence-electron chi connectivity index (χ2n) is 6.96. The Hall–Kier alpha value is -1.10. The summed E-state index contributed by atoms with van der Waals surface area (Å²) < 4.78 is 11.2. The number of hydrogen-bond acceptors (Lipinski definition) is 4. The average Bonchev–Trinajstić information content (AvgIpc) is 2.57. The summed E-state index contributed by atoms with van der Waals surface area (Å²) in [7, 11) is 3.75. The molecule has 0 spiro atoms. The van der Waals surface area contributed by atoms with Crippen molar-refractivity contribution in [2.75, 3.05) is 53.6 Å². The predicted octanol–water partition coefficient (Wildman–Crippen LogP) is 3.31. The van der Waals surface area contributed by atoms with Crippen LogP contribution in [0.2, 0.25) is 0 Å². The van der Waals surface area contributed by atoms with E-state index in [4.69, 9.17) is 9.47 Å². The first-order valence-corrected chi connectivity index (χ1v) is 9.15. The maximum absolute atomic E-state index is 5.85. The Morgan fingerprint density at radius 1 is 1.12 bits per heavy atom. The quantitative estimate of drug-likeness (QED) is 0.828. The molecule has 1 aliphatic heterocycles. The van der Waals surface area contributed by atoms with Crippen LogP contribution in [0, 0.1) is 0 Å². The molecule has 0 aliphatic carbocycles. The van der Waals surface area contributed by atoms with E-state index < -0.39 is 0 Å². The van der Waals surface area contributed by atoms with E-state index in [1.807, 2.05) is 14.1 Å². The van der Waals surface area contributed by atoms with Crippen LogP contribution < -0.4 is 10.1 Å². The highest BCUT2D eigenvalue weighted by molar-refractivity contribution is 5.31. The van der Waals surface area contributed by atoms with Gasteiger partial charge in [-0.05, 0) is 43.6 Å². The van der Waals surface area contributed by atoms with E-state index in [9.17, 15) is 0 Å². The monoisotopic (exact) mass is 336 g/mol. The van der Waals surface area contributed by atoms with E-state index in [1.54, 1.807) is 0 Å². The summed E-state index contributed by atoms with van der Waals surface area (Å²) in [5.74, 6) is 0.972. The Balaban J connectivity index is 0.000000891. The SMILES string of the molecule is CCCC(C)(C)c1ccc(OCCN2CCOCC2)cc1.CNC. The van der Waals surface area contributed by atoms with E-state index in [0.717, 1.165) is 45.2 Å². The third kappa shape index (κ3) is 7.65. The molecule has 24 heavy (non-hydrogen) atoms. The number of ether oxygens (including phenoxy) is 2. The molecule has 0 atom stereocenters. The third-order valence-electron chi connectivity index (χ3n) is 4.29. The summed E-state index contributed by atoms with van der Waals surface area (Å²) in [5.41, 5.74) is 1.64. The Morgan fingerprint density at radius 3 is 2.25 bits per heavy atom. The Morgan fingerprint density at radius 2 is 1.71 bits per heavy atom. The molecule has 0 aromatic heterocycles. The highest BCUT2D eigenvalue weighted by Crippen LogP contribution is 2.29. The van der Waals surface area contributed by atoms with Crippen LogP contribution in [0.3, 0.4) is 0 Å². The molecular formula is C20H36N2O2. The third-order valence-corrected chi connectivity index (χ3v) is 4.29. The van der Waals surface area contributed by atoms with Gasteiger partial charge in [0.2, 0.25) is 0 Å². The zero-order valence-electron chi connectivity index (χ0n) is 16.2. The van der Waals surface area contributed by atoms with Gasteiger partial charge in [-0.2, -0.15) is 0 Å². The zero-order chi connectivity index (χ0) is 17.8. The molecule has 4 nitrogen and oxygen atoms in total. The van der Waals surface area contributed by atoms with Crippen LogP contribution in [0.25, 0.3) is 0 Å². The van der Waals surface area contributed by atoms with Gasteiger partial charge in [0, 0.05) is 19.6 Å². The Bertz CT molecular complexity index is 426. The molecule has 2 rings (SSSR count). The van der Waals surface area contributed by atoms with Gasteiger partial charge in [-0.25, -0.2) is 0 Å². The van der Waals surface area contributed by atoms with E-state index in [-0.39, 0.29) is 5.41 Å². The van der Waals surface area contributed by atoms with Crippen molar-refractivity contribution in [3.63, 3.8) is 0 Å². The predicted molar refractivity (Wildman–Crippen MR) is 102 cm³/mol. The van der Waals surface area contributed by atoms with Crippen molar-refractivity contribution in [1.82, 2.24) is 10.2 Å². The van der Waals surface area contributed by atoms with E-state index in [1.165, 1.54) is 18.4 Å². The molecule has 1 heterocycles. The lowest BCUT2D eigenvalue weighted by Gasteiger charge is -2.26. The molecule has 1 aliphatic rings. The van der Waals surface area contributed by atoms with Gasteiger partial charge in [-0.15, -0.1) is 0 Å². The van der Waals surface area contributed by atoms with Crippen LogP contribution in [0.4, 0.5) is 0 Å². The van der Waals surface area contributed by atoms with Crippen molar-refractivity contribution in [3.8, 4) is 5.75 Å². The van der Waals surface area contributed by atoms with Crippen molar-refractivity contribution in [1.29, 1.82) is 0 Å². The highest BCUT2D eigenvalue weighted by Gasteiger charge is 2.19. The first kappa shape index (κ1) is 20.9. The Kier molecular flexibility index (Phi) is 9.99. The van der Waals surface area contributed by atoms with Crippen molar-refractivity contribution >= 4 is 0 Å². The minimum absolute atomic E-state index is 0.251. The molecule has 0 unspecified atom stereocenters. The molecule has 0 radical (unpaired) electrons. The zero-order valence-corrected chi connectivity index (χ0v) is 16.2. The number of benzene rings is 1. The summed E-state index contributed by atoms with van der Waals surface area (Å²) in [4.78, 5) is 2.39. The second-order valence-corrected chi connectivity index (χ2v) is 6.96. The average molecular weight is 337 g/mol. The van der Waals surface area contributed by atoms with Gasteiger partial charge in [0.1, 0.15) is 12.4 Å². The second kappa shape index (κ2) is 11.5. The smallest absolute Gasteiger partial charge is 0.119 e. The maximum atomic E-state index is 5.85. The van der Waals surface area contributed by atoms with Crippen molar-refractivity contribution in [2.45, 2.75) is 39.0 Å². The van der Waals surface area contributed by atoms with Gasteiger partial charge in [-0.1, -0.05) is 39.3 Å². The lowest BCUT2D eigenvalue weighted by Crippen LogP contribution is -2.38. The summed E-state index contributed by atoms with van der Waals surface area (Å²) in [6, 6.07) is 8.62. The lowest BCUT2D eigenvalue weighted by atomic mass is 9.81. The fourth-order valence-corrected chi connectivity index (χ4v) is 2.89. The van der Waals surface area contributed by atoms with Crippen LogP contribution in [-0.4, -0.2) is 58.5 Å². The van der Waals surface area contributed by atoms with Crippen LogP contribution in [-0.2, 0) is 10.2 Å². The maximum Gasteiger partial charge on any atom is 0.119 e. The van der Waals surface area contributed by atoms with Gasteiger partial charge < -0.3 is 14.8 Å². The van der Waals surface area contributed by atoms with Crippen LogP contribution in [0.15, 0.2) is 24.3 Å². The van der Waals surface area contributed by atoms with Crippen LogP contribution in [0.5, 0.6) is 5.75 Å². The largest absolute Gasteiger partial charge is 0.492 e. The number of nitrogens with zero attached hydrogens (tertiary/aromatic N) is 1. The van der Waals surface area contributed by atoms with Crippen molar-refractivity contribution in [3.05, 3.63) is 29.8 Å². The standard InChI is InChI=1S/C18H29NO2.C2H7N/c1-4-9-18(2,3)16-5-7-17(8-6-16)21-15-12-19-10-13-20-14-11-19;1-3-2/h5-8H,4,9-15H2,1-3H3;3H,1-2H3. The van der Waals surface area contributed by atoms with Gasteiger partial charge >= 0.3 is 0 Å². The van der Waals surface area contributed by atoms with E-state index >= 15 is 0 Å². The van der Waals surface area contributed by atoms with E-state index in [0.29, 0.717) is 0 Å². The summed E-state index contributed by atoms with van der Waals surface area (Å²) >= 11 is 0. The highest BCUT2D eigenvalue weighted by atomic mass is 16.5. The first-order valence-electron chi connectivity index (χ1n) is 9.15. The minimum Gasteiger partial charge on any atom is -0.492 e. The molecule has 0 bridgehead atoms. The van der Waals surface area contributed by atoms with Gasteiger partial charge in [-0.3, -0.25) is 4.90 Å². The molecule has 1 N–H and O–H groups in total. The molecule has 1 fully saturated rings. The fourth-order valence-electron chi connectivity index (χ4n) is 2.89. The van der Waals surface area contributed by atoms with Gasteiger partial charge in [0.15, 0.2) is 0 Å². The summed E-state index contributed by atoms with van der Waals surface area (Å²) in [5, 5.41) is 2.75. The molecule has 0 amide bonds. The number of nitrogens with one attached hydrogen (secondary N) is 1. The van der Waals surface area contributed by atoms with Crippen molar-refractivity contribution < 1.29 is 9.47 Å². The molecule has 1 aromatic rings. The molecule has 138 valence electrons. The van der Waals surface area contributed by atoms with Crippen LogP contribution in [0.1, 0.15) is 39.2 Å². The minimum atomic E-state index is 0.251. The number of hydrogen-bond donors (Lipinski definition) is 1. The van der Waals surface area contributed by atoms with Crippen molar-refractivity contribution in [2.24, 2.45) is 0 Å². The molecule has 4 heteroatoms. The molecule has 1 saturated heterocycles. The van der Waals surface area contributed by atoms with Gasteiger partial charge in [0.25, 0.3) is 0 Å². The molecular weight excluding hydrogens is 300 g/mol. The normalized spacial score (nSPS) is 15.5. The molecule has 1 aromatic carbocycles. The van der Waals surface area contributed by atoms with E-state index in [2.05, 4.69) is 55.3 Å². The number of rotatable bonds is 7. The topological polar surface area (TPSA) is 33.7 Å². The van der Waals surface area contributed by atoms with Gasteiger partial charge in [0.05, 0.1) is 13.2 Å². The fraction of sp³-hybridized carbons (Fsp3) is 0.700. The number of morpholine rings is 1. The first-order chi connectivity index (χ1) is 11.5. The summed E-state index contributed by atoms with van der Waals surface area (Å²) in [6.07, 6.45) is 2.43. The summed E-state index contributed by atoms with van der Waals surface area (Å²) in [6.45, 7) is 12.3. The lowest BCUT2D eigenvalue weighted by molar-refractivity contribution is 0.0322.